The van der Waals surface area contributed by atoms with Gasteiger partial charge in [0.1, 0.15) is 0 Å². The third kappa shape index (κ3) is 3.16. The predicted octanol–water partition coefficient (Wildman–Crippen LogP) is 1.50. The number of carbonyl (C=O) groups excluding carboxylic acids is 1. The van der Waals surface area contributed by atoms with Gasteiger partial charge in [-0.1, -0.05) is 0 Å². The normalized spacial score (nSPS) is 17.7. The summed E-state index contributed by atoms with van der Waals surface area (Å²) in [5, 5.41) is 11.6. The summed E-state index contributed by atoms with van der Waals surface area (Å²) in [5.41, 5.74) is 1.87. The van der Waals surface area contributed by atoms with Crippen molar-refractivity contribution in [2.75, 3.05) is 24.5 Å². The number of nitrogens with zero attached hydrogens (tertiary/aromatic N) is 4. The molecule has 1 N–H and O–H groups in total. The summed E-state index contributed by atoms with van der Waals surface area (Å²) in [6, 6.07) is 7.83. The molecule has 1 saturated heterocycles. The summed E-state index contributed by atoms with van der Waals surface area (Å²) < 4.78 is 0. The van der Waals surface area contributed by atoms with E-state index in [1.807, 2.05) is 24.3 Å². The highest BCUT2D eigenvalue weighted by Gasteiger charge is 2.32. The lowest BCUT2D eigenvalue weighted by Gasteiger charge is -2.39. The van der Waals surface area contributed by atoms with Crippen LogP contribution in [0.3, 0.4) is 0 Å². The van der Waals surface area contributed by atoms with Gasteiger partial charge in [-0.25, -0.2) is 0 Å². The van der Waals surface area contributed by atoms with Gasteiger partial charge in [0.25, 0.3) is 0 Å². The zero-order valence-electron chi connectivity index (χ0n) is 12.9. The summed E-state index contributed by atoms with van der Waals surface area (Å²) in [7, 11) is 0. The number of nitrogens with one attached hydrogen (secondary N) is 1. The van der Waals surface area contributed by atoms with Crippen molar-refractivity contribution in [1.29, 1.82) is 0 Å². The fourth-order valence-electron chi connectivity index (χ4n) is 2.79. The van der Waals surface area contributed by atoms with Crippen LogP contribution < -0.4 is 10.2 Å². The molecule has 23 heavy (non-hydrogen) atoms. The van der Waals surface area contributed by atoms with E-state index in [1.165, 1.54) is 0 Å². The van der Waals surface area contributed by atoms with E-state index in [-0.39, 0.29) is 11.8 Å². The molecule has 1 aliphatic carbocycles. The van der Waals surface area contributed by atoms with Gasteiger partial charge in [-0.15, -0.1) is 10.2 Å². The van der Waals surface area contributed by atoms with Gasteiger partial charge in [-0.3, -0.25) is 9.78 Å². The van der Waals surface area contributed by atoms with Crippen molar-refractivity contribution >= 4 is 11.7 Å². The van der Waals surface area contributed by atoms with Gasteiger partial charge in [0.2, 0.25) is 5.91 Å². The number of pyridine rings is 1. The topological polar surface area (TPSA) is 71.0 Å². The third-order valence-electron chi connectivity index (χ3n) is 4.42. The van der Waals surface area contributed by atoms with Crippen LogP contribution in [0.25, 0.3) is 11.3 Å². The fourth-order valence-corrected chi connectivity index (χ4v) is 2.79. The van der Waals surface area contributed by atoms with E-state index in [0.717, 1.165) is 49.6 Å². The Morgan fingerprint density at radius 2 is 1.91 bits per heavy atom. The van der Waals surface area contributed by atoms with Crippen molar-refractivity contribution in [3.05, 3.63) is 36.7 Å². The molecule has 1 aliphatic heterocycles. The van der Waals surface area contributed by atoms with Crippen molar-refractivity contribution < 1.29 is 4.79 Å². The fraction of sp³-hybridized carbons (Fsp3) is 0.412. The van der Waals surface area contributed by atoms with Crippen LogP contribution in [0.15, 0.2) is 36.7 Å². The quantitative estimate of drug-likeness (QED) is 0.906. The molecule has 0 radical (unpaired) electrons. The predicted molar refractivity (Wildman–Crippen MR) is 86.7 cm³/mol. The van der Waals surface area contributed by atoms with Crippen molar-refractivity contribution in [2.45, 2.75) is 12.8 Å². The smallest absolute Gasteiger partial charge is 0.223 e. The second kappa shape index (κ2) is 5.95. The maximum absolute atomic E-state index is 11.6. The molecule has 4 rings (SSSR count). The Morgan fingerprint density at radius 3 is 2.57 bits per heavy atom. The largest absolute Gasteiger partial charge is 0.355 e. The number of rotatable bonds is 5. The SMILES string of the molecule is O=C(NCC1CN(c2ccc(-c3ccncc3)nn2)C1)C1CC1. The number of hydrogen-bond acceptors (Lipinski definition) is 5. The van der Waals surface area contributed by atoms with Gasteiger partial charge < -0.3 is 10.2 Å². The summed E-state index contributed by atoms with van der Waals surface area (Å²) in [6.45, 7) is 2.62. The molecule has 2 fully saturated rings. The molecule has 0 aromatic carbocycles. The van der Waals surface area contributed by atoms with Gasteiger partial charge in [0.05, 0.1) is 5.69 Å². The Balaban J connectivity index is 1.29. The molecule has 3 heterocycles. The molecule has 6 nitrogen and oxygen atoms in total. The first kappa shape index (κ1) is 14.1. The van der Waals surface area contributed by atoms with E-state index in [4.69, 9.17) is 0 Å². The molecule has 2 aliphatic rings. The van der Waals surface area contributed by atoms with E-state index in [1.54, 1.807) is 12.4 Å². The summed E-state index contributed by atoms with van der Waals surface area (Å²) in [5.74, 6) is 1.93. The molecular formula is C17H19N5O. The molecule has 6 heteroatoms. The first-order valence-corrected chi connectivity index (χ1v) is 8.06. The third-order valence-corrected chi connectivity index (χ3v) is 4.42. The minimum Gasteiger partial charge on any atom is -0.355 e. The lowest BCUT2D eigenvalue weighted by Crippen LogP contribution is -2.52. The van der Waals surface area contributed by atoms with Crippen LogP contribution in [0.2, 0.25) is 0 Å². The number of anilines is 1. The highest BCUT2D eigenvalue weighted by atomic mass is 16.2. The van der Waals surface area contributed by atoms with Crippen LogP contribution >= 0.6 is 0 Å². The molecule has 0 unspecified atom stereocenters. The lowest BCUT2D eigenvalue weighted by molar-refractivity contribution is -0.122. The second-order valence-corrected chi connectivity index (χ2v) is 6.30. The first-order chi connectivity index (χ1) is 11.3. The molecule has 0 bridgehead atoms. The number of amides is 1. The Morgan fingerprint density at radius 1 is 1.13 bits per heavy atom. The number of carbonyl (C=O) groups is 1. The minimum atomic E-state index is 0.227. The van der Waals surface area contributed by atoms with Crippen molar-refractivity contribution in [2.24, 2.45) is 11.8 Å². The summed E-state index contributed by atoms with van der Waals surface area (Å²) in [4.78, 5) is 17.8. The molecule has 118 valence electrons. The van der Waals surface area contributed by atoms with E-state index >= 15 is 0 Å². The van der Waals surface area contributed by atoms with Crippen molar-refractivity contribution in [3.8, 4) is 11.3 Å². The Bertz CT molecular complexity index is 678. The molecule has 0 spiro atoms. The molecule has 1 amide bonds. The van der Waals surface area contributed by atoms with Crippen LogP contribution in [0.5, 0.6) is 0 Å². The summed E-state index contributed by atoms with van der Waals surface area (Å²) in [6.07, 6.45) is 5.62. The zero-order valence-corrected chi connectivity index (χ0v) is 12.9. The Kier molecular flexibility index (Phi) is 3.65. The molecule has 0 atom stereocenters. The zero-order chi connectivity index (χ0) is 15.6. The van der Waals surface area contributed by atoms with Crippen LogP contribution in [0.4, 0.5) is 5.82 Å². The van der Waals surface area contributed by atoms with Crippen LogP contribution in [-0.4, -0.2) is 40.7 Å². The van der Waals surface area contributed by atoms with E-state index < -0.39 is 0 Å². The van der Waals surface area contributed by atoms with Gasteiger partial charge >= 0.3 is 0 Å². The Labute approximate surface area is 134 Å². The van der Waals surface area contributed by atoms with Gasteiger partial charge in [0, 0.05) is 49.4 Å². The van der Waals surface area contributed by atoms with Crippen LogP contribution in [-0.2, 0) is 4.79 Å². The monoisotopic (exact) mass is 309 g/mol. The molecule has 2 aromatic heterocycles. The molecule has 2 aromatic rings. The van der Waals surface area contributed by atoms with Crippen LogP contribution in [0, 0.1) is 11.8 Å². The van der Waals surface area contributed by atoms with Crippen molar-refractivity contribution in [3.63, 3.8) is 0 Å². The van der Waals surface area contributed by atoms with E-state index in [0.29, 0.717) is 5.92 Å². The van der Waals surface area contributed by atoms with Gasteiger partial charge in [0.15, 0.2) is 5.82 Å². The average molecular weight is 309 g/mol. The maximum atomic E-state index is 11.6. The van der Waals surface area contributed by atoms with Gasteiger partial charge in [-0.2, -0.15) is 0 Å². The average Bonchev–Trinajstić information content (AvgIpc) is 3.39. The number of hydrogen-bond donors (Lipinski definition) is 1. The highest BCUT2D eigenvalue weighted by Crippen LogP contribution is 2.29. The van der Waals surface area contributed by atoms with E-state index in [9.17, 15) is 4.79 Å². The molecular weight excluding hydrogens is 290 g/mol. The second-order valence-electron chi connectivity index (χ2n) is 6.30. The standard InChI is InChI=1S/C17H19N5O/c23-17(14-1-2-14)19-9-12-10-22(11-12)16-4-3-15(20-21-16)13-5-7-18-8-6-13/h3-8,12,14H,1-2,9-11H2,(H,19,23). The van der Waals surface area contributed by atoms with Crippen molar-refractivity contribution in [1.82, 2.24) is 20.5 Å². The summed E-state index contributed by atoms with van der Waals surface area (Å²) >= 11 is 0. The minimum absolute atomic E-state index is 0.227. The van der Waals surface area contributed by atoms with E-state index in [2.05, 4.69) is 25.4 Å². The molecule has 1 saturated carbocycles. The van der Waals surface area contributed by atoms with Gasteiger partial charge in [-0.05, 0) is 37.1 Å². The lowest BCUT2D eigenvalue weighted by atomic mass is 10.00. The maximum Gasteiger partial charge on any atom is 0.223 e. The Hall–Kier alpha value is -2.50. The highest BCUT2D eigenvalue weighted by molar-refractivity contribution is 5.80. The number of aromatic nitrogens is 3. The first-order valence-electron chi connectivity index (χ1n) is 8.06. The van der Waals surface area contributed by atoms with Crippen LogP contribution in [0.1, 0.15) is 12.8 Å².